The highest BCUT2D eigenvalue weighted by molar-refractivity contribution is 6.01. The van der Waals surface area contributed by atoms with Gasteiger partial charge in [0.25, 0.3) is 0 Å². The lowest BCUT2D eigenvalue weighted by atomic mass is 10.1. The molecule has 0 spiro atoms. The second-order valence-electron chi connectivity index (χ2n) is 6.79. The Kier molecular flexibility index (Phi) is 5.73. The van der Waals surface area contributed by atoms with Crippen LogP contribution >= 0.6 is 0 Å². The van der Waals surface area contributed by atoms with Gasteiger partial charge in [-0.2, -0.15) is 0 Å². The van der Waals surface area contributed by atoms with Gasteiger partial charge < -0.3 is 19.6 Å². The van der Waals surface area contributed by atoms with Crippen LogP contribution in [0.15, 0.2) is 54.6 Å². The van der Waals surface area contributed by atoms with E-state index in [0.717, 1.165) is 35.2 Å². The highest BCUT2D eigenvalue weighted by atomic mass is 16.5. The van der Waals surface area contributed by atoms with Crippen LogP contribution in [-0.2, 0) is 0 Å². The Hall–Kier alpha value is -3.21. The molecule has 5 nitrogen and oxygen atoms in total. The van der Waals surface area contributed by atoms with Crippen LogP contribution in [0.4, 0.5) is 11.4 Å². The molecule has 3 aromatic carbocycles. The van der Waals surface area contributed by atoms with E-state index >= 15 is 0 Å². The van der Waals surface area contributed by atoms with Crippen molar-refractivity contribution in [2.45, 2.75) is 13.8 Å². The molecule has 28 heavy (non-hydrogen) atoms. The summed E-state index contributed by atoms with van der Waals surface area (Å²) in [7, 11) is 3.95. The van der Waals surface area contributed by atoms with E-state index in [2.05, 4.69) is 4.90 Å². The van der Waals surface area contributed by atoms with Gasteiger partial charge >= 0.3 is 5.97 Å². The van der Waals surface area contributed by atoms with Crippen molar-refractivity contribution in [2.75, 3.05) is 37.0 Å². The number of phenols is 1. The molecule has 0 radical (unpaired) electrons. The van der Waals surface area contributed by atoms with Crippen LogP contribution in [0.1, 0.15) is 24.2 Å². The number of esters is 1. The number of phenolic OH excluding ortho intramolecular Hbond substituents is 1. The molecule has 146 valence electrons. The zero-order chi connectivity index (χ0) is 20.3. The van der Waals surface area contributed by atoms with Crippen molar-refractivity contribution in [3.05, 3.63) is 60.2 Å². The summed E-state index contributed by atoms with van der Waals surface area (Å²) in [5.74, 6) is -0.187. The van der Waals surface area contributed by atoms with Gasteiger partial charge in [-0.15, -0.1) is 0 Å². The fourth-order valence-corrected chi connectivity index (χ4v) is 3.37. The number of benzene rings is 3. The molecule has 0 aliphatic rings. The largest absolute Gasteiger partial charge is 0.507 e. The molecule has 0 heterocycles. The van der Waals surface area contributed by atoms with Gasteiger partial charge in [0.15, 0.2) is 0 Å². The minimum Gasteiger partial charge on any atom is -0.507 e. The van der Waals surface area contributed by atoms with Gasteiger partial charge in [0.2, 0.25) is 0 Å². The maximum absolute atomic E-state index is 12.7. The number of carbonyl (C=O) groups is 1. The molecular weight excluding hydrogens is 352 g/mol. The maximum Gasteiger partial charge on any atom is 0.347 e. The summed E-state index contributed by atoms with van der Waals surface area (Å²) in [5, 5.41) is 12.2. The van der Waals surface area contributed by atoms with Gasteiger partial charge in [0, 0.05) is 55.4 Å². The molecule has 0 aromatic heterocycles. The van der Waals surface area contributed by atoms with E-state index in [1.165, 1.54) is 0 Å². The monoisotopic (exact) mass is 378 g/mol. The normalized spacial score (nSPS) is 10.7. The van der Waals surface area contributed by atoms with Crippen LogP contribution in [0.2, 0.25) is 0 Å². The summed E-state index contributed by atoms with van der Waals surface area (Å²) >= 11 is 0. The molecule has 0 fully saturated rings. The summed E-state index contributed by atoms with van der Waals surface area (Å²) in [6, 6.07) is 16.6. The summed E-state index contributed by atoms with van der Waals surface area (Å²) in [6.07, 6.45) is 0. The Morgan fingerprint density at radius 1 is 0.964 bits per heavy atom. The number of rotatable bonds is 6. The molecule has 3 aromatic rings. The molecule has 0 aliphatic heterocycles. The first-order chi connectivity index (χ1) is 13.5. The standard InChI is InChI=1S/C23H26N2O3/c1-5-25(6-2)16-11-12-19(21(26)15-16)23(27)28-22-14-13-20(24(3)4)17-9-7-8-10-18(17)22/h7-15,26H,5-6H2,1-4H3. The molecule has 1 N–H and O–H groups in total. The van der Waals surface area contributed by atoms with Crippen LogP contribution in [0.5, 0.6) is 11.5 Å². The van der Waals surface area contributed by atoms with Gasteiger partial charge in [-0.25, -0.2) is 4.79 Å². The van der Waals surface area contributed by atoms with Gasteiger partial charge in [-0.1, -0.05) is 24.3 Å². The van der Waals surface area contributed by atoms with Gasteiger partial charge in [0.1, 0.15) is 17.1 Å². The van der Waals surface area contributed by atoms with E-state index in [9.17, 15) is 9.90 Å². The first-order valence-corrected chi connectivity index (χ1v) is 9.45. The molecule has 5 heteroatoms. The Morgan fingerprint density at radius 2 is 1.64 bits per heavy atom. The van der Waals surface area contributed by atoms with Crippen LogP contribution < -0.4 is 14.5 Å². The quantitative estimate of drug-likeness (QED) is 0.499. The van der Waals surface area contributed by atoms with E-state index in [1.54, 1.807) is 18.2 Å². The molecule has 0 saturated heterocycles. The lowest BCUT2D eigenvalue weighted by molar-refractivity contribution is 0.0734. The second kappa shape index (κ2) is 8.21. The third kappa shape index (κ3) is 3.74. The number of fused-ring (bicyclic) bond motifs is 1. The Morgan fingerprint density at radius 3 is 2.25 bits per heavy atom. The van der Waals surface area contributed by atoms with Crippen LogP contribution in [0, 0.1) is 0 Å². The lowest BCUT2D eigenvalue weighted by Crippen LogP contribution is -2.21. The molecular formula is C23H26N2O3. The topological polar surface area (TPSA) is 53.0 Å². The zero-order valence-electron chi connectivity index (χ0n) is 16.8. The molecule has 0 atom stereocenters. The van der Waals surface area contributed by atoms with Gasteiger partial charge in [-0.05, 0) is 38.1 Å². The number of anilines is 2. The smallest absolute Gasteiger partial charge is 0.347 e. The van der Waals surface area contributed by atoms with E-state index < -0.39 is 5.97 Å². The van der Waals surface area contributed by atoms with Gasteiger partial charge in [-0.3, -0.25) is 0 Å². The maximum atomic E-state index is 12.7. The van der Waals surface area contributed by atoms with Gasteiger partial charge in [0.05, 0.1) is 0 Å². The average molecular weight is 378 g/mol. The van der Waals surface area contributed by atoms with Crippen molar-refractivity contribution in [1.82, 2.24) is 0 Å². The van der Waals surface area contributed by atoms with Crippen molar-refractivity contribution in [2.24, 2.45) is 0 Å². The molecule has 3 rings (SSSR count). The molecule has 0 unspecified atom stereocenters. The SMILES string of the molecule is CCN(CC)c1ccc(C(=O)Oc2ccc(N(C)C)c3ccccc23)c(O)c1. The molecule has 0 bridgehead atoms. The predicted molar refractivity (Wildman–Crippen MR) is 115 cm³/mol. The molecule has 0 amide bonds. The number of nitrogens with zero attached hydrogens (tertiary/aromatic N) is 2. The number of carbonyl (C=O) groups excluding carboxylic acids is 1. The number of hydrogen-bond donors (Lipinski definition) is 1. The summed E-state index contributed by atoms with van der Waals surface area (Å²) in [4.78, 5) is 16.8. The third-order valence-corrected chi connectivity index (χ3v) is 4.88. The fourth-order valence-electron chi connectivity index (χ4n) is 3.37. The second-order valence-corrected chi connectivity index (χ2v) is 6.79. The molecule has 0 saturated carbocycles. The summed E-state index contributed by atoms with van der Waals surface area (Å²) in [5.41, 5.74) is 2.07. The Balaban J connectivity index is 1.93. The van der Waals surface area contributed by atoms with Crippen LogP contribution in [0.25, 0.3) is 10.8 Å². The highest BCUT2D eigenvalue weighted by Crippen LogP contribution is 2.34. The van der Waals surface area contributed by atoms with E-state index in [-0.39, 0.29) is 11.3 Å². The summed E-state index contributed by atoms with van der Waals surface area (Å²) < 4.78 is 5.65. The van der Waals surface area contributed by atoms with Crippen molar-refractivity contribution < 1.29 is 14.6 Å². The average Bonchev–Trinajstić information content (AvgIpc) is 2.69. The van der Waals surface area contributed by atoms with Crippen molar-refractivity contribution in [3.63, 3.8) is 0 Å². The summed E-state index contributed by atoms with van der Waals surface area (Å²) in [6.45, 7) is 5.74. The van der Waals surface area contributed by atoms with Crippen molar-refractivity contribution in [1.29, 1.82) is 0 Å². The number of aromatic hydroxyl groups is 1. The predicted octanol–water partition coefficient (Wildman–Crippen LogP) is 4.68. The minimum atomic E-state index is -0.577. The molecule has 0 aliphatic carbocycles. The third-order valence-electron chi connectivity index (χ3n) is 4.88. The zero-order valence-corrected chi connectivity index (χ0v) is 16.8. The lowest BCUT2D eigenvalue weighted by Gasteiger charge is -2.21. The minimum absolute atomic E-state index is 0.0800. The Labute approximate surface area is 165 Å². The van der Waals surface area contributed by atoms with Crippen molar-refractivity contribution in [3.8, 4) is 11.5 Å². The fraction of sp³-hybridized carbons (Fsp3) is 0.261. The number of hydrogen-bond acceptors (Lipinski definition) is 5. The van der Waals surface area contributed by atoms with E-state index in [1.807, 2.05) is 69.2 Å². The van der Waals surface area contributed by atoms with E-state index in [4.69, 9.17) is 4.74 Å². The van der Waals surface area contributed by atoms with E-state index in [0.29, 0.717) is 5.75 Å². The van der Waals surface area contributed by atoms with Crippen molar-refractivity contribution >= 4 is 28.1 Å². The highest BCUT2D eigenvalue weighted by Gasteiger charge is 2.17. The van der Waals surface area contributed by atoms with Crippen LogP contribution in [-0.4, -0.2) is 38.3 Å². The van der Waals surface area contributed by atoms with Crippen LogP contribution in [0.3, 0.4) is 0 Å². The first kappa shape index (κ1) is 19.5. The first-order valence-electron chi connectivity index (χ1n) is 9.45. The Bertz CT molecular complexity index is 994. The number of ether oxygens (including phenoxy) is 1.